The minimum Gasteiger partial charge on any atom is -0.494 e. The molecular weight excluding hydrogens is 428 g/mol. The molecule has 0 bridgehead atoms. The SMILES string of the molecule is CCCOc1ccc(C2c3c(oc4cc(C)cc(C)c4c3=O)C(=O)N2Cc2cccnc2)cc1. The van der Waals surface area contributed by atoms with E-state index in [1.54, 1.807) is 17.3 Å². The van der Waals surface area contributed by atoms with Crippen LogP contribution >= 0.6 is 0 Å². The van der Waals surface area contributed by atoms with E-state index in [1.165, 1.54) is 0 Å². The molecule has 3 heterocycles. The first-order valence-electron chi connectivity index (χ1n) is 11.5. The second-order valence-electron chi connectivity index (χ2n) is 8.74. The molecule has 4 aromatic rings. The number of aromatic nitrogens is 1. The Kier molecular flexibility index (Phi) is 5.65. The first kappa shape index (κ1) is 21.9. The van der Waals surface area contributed by atoms with E-state index in [0.717, 1.165) is 34.4 Å². The molecule has 1 unspecified atom stereocenters. The van der Waals surface area contributed by atoms with Crippen molar-refractivity contribution in [3.8, 4) is 5.75 Å². The first-order valence-corrected chi connectivity index (χ1v) is 11.5. The summed E-state index contributed by atoms with van der Waals surface area (Å²) in [6.45, 7) is 6.84. The van der Waals surface area contributed by atoms with Gasteiger partial charge < -0.3 is 14.1 Å². The van der Waals surface area contributed by atoms with Crippen LogP contribution in [0.1, 0.15) is 57.8 Å². The summed E-state index contributed by atoms with van der Waals surface area (Å²) in [7, 11) is 0. The van der Waals surface area contributed by atoms with Crippen molar-refractivity contribution in [3.05, 3.63) is 105 Å². The lowest BCUT2D eigenvalue weighted by Crippen LogP contribution is -2.29. The summed E-state index contributed by atoms with van der Waals surface area (Å²) in [5.41, 5.74) is 4.19. The highest BCUT2D eigenvalue weighted by Crippen LogP contribution is 2.40. The third-order valence-corrected chi connectivity index (χ3v) is 6.16. The van der Waals surface area contributed by atoms with E-state index in [2.05, 4.69) is 11.9 Å². The summed E-state index contributed by atoms with van der Waals surface area (Å²) < 4.78 is 11.8. The molecule has 0 N–H and O–H groups in total. The number of pyridine rings is 1. The number of ether oxygens (including phenoxy) is 1. The Labute approximate surface area is 197 Å². The summed E-state index contributed by atoms with van der Waals surface area (Å²) in [5, 5.41) is 0.522. The van der Waals surface area contributed by atoms with Crippen LogP contribution in [0.4, 0.5) is 0 Å². The summed E-state index contributed by atoms with van der Waals surface area (Å²) >= 11 is 0. The molecule has 172 valence electrons. The molecule has 34 heavy (non-hydrogen) atoms. The molecule has 1 atom stereocenters. The maximum atomic E-state index is 13.8. The fourth-order valence-corrected chi connectivity index (χ4v) is 4.68. The van der Waals surface area contributed by atoms with Gasteiger partial charge in [0.15, 0.2) is 5.43 Å². The lowest BCUT2D eigenvalue weighted by Gasteiger charge is -2.25. The molecule has 1 aliphatic heterocycles. The number of nitrogens with zero attached hydrogens (tertiary/aromatic N) is 2. The number of carbonyl (C=O) groups is 1. The van der Waals surface area contributed by atoms with Crippen LogP contribution in [-0.4, -0.2) is 22.4 Å². The molecule has 0 saturated carbocycles. The van der Waals surface area contributed by atoms with Gasteiger partial charge in [-0.25, -0.2) is 0 Å². The van der Waals surface area contributed by atoms with Gasteiger partial charge in [0, 0.05) is 18.9 Å². The highest BCUT2D eigenvalue weighted by atomic mass is 16.5. The predicted octanol–water partition coefficient (Wildman–Crippen LogP) is 5.34. The van der Waals surface area contributed by atoms with Crippen molar-refractivity contribution in [2.45, 2.75) is 39.8 Å². The highest BCUT2D eigenvalue weighted by Gasteiger charge is 2.42. The summed E-state index contributed by atoms with van der Waals surface area (Å²) in [6.07, 6.45) is 4.34. The number of hydrogen-bond donors (Lipinski definition) is 0. The van der Waals surface area contributed by atoms with Crippen molar-refractivity contribution < 1.29 is 13.9 Å². The van der Waals surface area contributed by atoms with E-state index in [-0.39, 0.29) is 17.1 Å². The Balaban J connectivity index is 1.68. The monoisotopic (exact) mass is 454 g/mol. The molecule has 5 rings (SSSR count). The molecule has 0 radical (unpaired) electrons. The second kappa shape index (κ2) is 8.78. The predicted molar refractivity (Wildman–Crippen MR) is 130 cm³/mol. The van der Waals surface area contributed by atoms with E-state index >= 15 is 0 Å². The number of aryl methyl sites for hydroxylation is 2. The maximum Gasteiger partial charge on any atom is 0.291 e. The van der Waals surface area contributed by atoms with Gasteiger partial charge in [0.25, 0.3) is 5.91 Å². The van der Waals surface area contributed by atoms with Crippen LogP contribution in [0, 0.1) is 13.8 Å². The second-order valence-corrected chi connectivity index (χ2v) is 8.74. The lowest BCUT2D eigenvalue weighted by atomic mass is 9.96. The van der Waals surface area contributed by atoms with Crippen LogP contribution in [0.2, 0.25) is 0 Å². The highest BCUT2D eigenvalue weighted by molar-refractivity contribution is 5.99. The number of benzene rings is 2. The summed E-state index contributed by atoms with van der Waals surface area (Å²) in [6, 6.07) is 14.6. The van der Waals surface area contributed by atoms with Gasteiger partial charge in [-0.3, -0.25) is 14.6 Å². The van der Waals surface area contributed by atoms with E-state index in [0.29, 0.717) is 29.7 Å². The first-order chi connectivity index (χ1) is 16.5. The molecule has 1 aliphatic rings. The van der Waals surface area contributed by atoms with Gasteiger partial charge >= 0.3 is 0 Å². The average molecular weight is 455 g/mol. The Morgan fingerprint density at radius 1 is 1.09 bits per heavy atom. The lowest BCUT2D eigenvalue weighted by molar-refractivity contribution is 0.0714. The molecule has 6 heteroatoms. The number of amides is 1. The topological polar surface area (TPSA) is 72.6 Å². The Bertz CT molecular complexity index is 1430. The molecule has 1 amide bonds. The van der Waals surface area contributed by atoms with Crippen molar-refractivity contribution in [3.63, 3.8) is 0 Å². The number of rotatable bonds is 6. The molecule has 0 saturated heterocycles. The van der Waals surface area contributed by atoms with Crippen LogP contribution in [0.5, 0.6) is 5.75 Å². The van der Waals surface area contributed by atoms with E-state index in [1.807, 2.05) is 62.4 Å². The summed E-state index contributed by atoms with van der Waals surface area (Å²) in [4.78, 5) is 33.3. The van der Waals surface area contributed by atoms with Gasteiger partial charge in [-0.1, -0.05) is 31.2 Å². The van der Waals surface area contributed by atoms with Gasteiger partial charge in [0.1, 0.15) is 11.3 Å². The standard InChI is InChI=1S/C28H26N2O4/c1-4-12-33-21-9-7-20(8-10-21)25-24-26(31)23-18(3)13-17(2)14-22(23)34-27(24)28(32)30(25)16-19-6-5-11-29-15-19/h5-11,13-15,25H,4,12,16H2,1-3H3. The number of fused-ring (bicyclic) bond motifs is 2. The van der Waals surface area contributed by atoms with E-state index in [9.17, 15) is 9.59 Å². The van der Waals surface area contributed by atoms with Crippen LogP contribution in [0.15, 0.2) is 70.1 Å². The van der Waals surface area contributed by atoms with Crippen LogP contribution < -0.4 is 10.2 Å². The van der Waals surface area contributed by atoms with Crippen LogP contribution in [0.3, 0.4) is 0 Å². The van der Waals surface area contributed by atoms with Crippen molar-refractivity contribution in [1.29, 1.82) is 0 Å². The minimum absolute atomic E-state index is 0.114. The van der Waals surface area contributed by atoms with Gasteiger partial charge in [-0.05, 0) is 66.8 Å². The third-order valence-electron chi connectivity index (χ3n) is 6.16. The Hall–Kier alpha value is -3.93. The fraction of sp³-hybridized carbons (Fsp3) is 0.250. The normalized spacial score (nSPS) is 15.1. The zero-order valence-corrected chi connectivity index (χ0v) is 19.5. The van der Waals surface area contributed by atoms with Crippen molar-refractivity contribution >= 4 is 16.9 Å². The molecule has 6 nitrogen and oxygen atoms in total. The summed E-state index contributed by atoms with van der Waals surface area (Å²) in [5.74, 6) is 0.571. The molecule has 0 fully saturated rings. The van der Waals surface area contributed by atoms with Gasteiger partial charge in [0.05, 0.1) is 23.6 Å². The third kappa shape index (κ3) is 3.75. The zero-order chi connectivity index (χ0) is 23.8. The fourth-order valence-electron chi connectivity index (χ4n) is 4.68. The van der Waals surface area contributed by atoms with Crippen LogP contribution in [0.25, 0.3) is 11.0 Å². The van der Waals surface area contributed by atoms with Gasteiger partial charge in [-0.2, -0.15) is 0 Å². The molecule has 0 aliphatic carbocycles. The minimum atomic E-state index is -0.565. The van der Waals surface area contributed by atoms with Crippen molar-refractivity contribution in [2.75, 3.05) is 6.61 Å². The molecule has 2 aromatic heterocycles. The largest absolute Gasteiger partial charge is 0.494 e. The van der Waals surface area contributed by atoms with Crippen LogP contribution in [-0.2, 0) is 6.54 Å². The quantitative estimate of drug-likeness (QED) is 0.393. The molecular formula is C28H26N2O4. The smallest absolute Gasteiger partial charge is 0.291 e. The average Bonchev–Trinajstić information content (AvgIpc) is 3.10. The Morgan fingerprint density at radius 2 is 1.88 bits per heavy atom. The number of carbonyl (C=O) groups excluding carboxylic acids is 1. The van der Waals surface area contributed by atoms with E-state index in [4.69, 9.17) is 9.15 Å². The maximum absolute atomic E-state index is 13.8. The Morgan fingerprint density at radius 3 is 2.59 bits per heavy atom. The van der Waals surface area contributed by atoms with Crippen molar-refractivity contribution in [2.24, 2.45) is 0 Å². The zero-order valence-electron chi connectivity index (χ0n) is 19.5. The number of hydrogen-bond acceptors (Lipinski definition) is 5. The van der Waals surface area contributed by atoms with Gasteiger partial charge in [0.2, 0.25) is 5.76 Å². The van der Waals surface area contributed by atoms with E-state index < -0.39 is 6.04 Å². The molecule has 0 spiro atoms. The molecule has 2 aromatic carbocycles. The van der Waals surface area contributed by atoms with Gasteiger partial charge in [-0.15, -0.1) is 0 Å². The van der Waals surface area contributed by atoms with Crippen molar-refractivity contribution in [1.82, 2.24) is 9.88 Å².